The molecule has 2 aromatic rings. The molecule has 7 heteroatoms. The summed E-state index contributed by atoms with van der Waals surface area (Å²) < 4.78 is 5.69. The van der Waals surface area contributed by atoms with Gasteiger partial charge >= 0.3 is 11.8 Å². The first kappa shape index (κ1) is 19.5. The Bertz CT molecular complexity index is 789. The highest BCUT2D eigenvalue weighted by Crippen LogP contribution is 2.15. The molecule has 0 fully saturated rings. The fraction of sp³-hybridized carbons (Fsp3) is 0.211. The van der Waals surface area contributed by atoms with Gasteiger partial charge in [0.15, 0.2) is 0 Å². The van der Waals surface area contributed by atoms with Crippen molar-refractivity contribution in [1.29, 1.82) is 0 Å². The van der Waals surface area contributed by atoms with E-state index in [4.69, 9.17) is 16.3 Å². The summed E-state index contributed by atoms with van der Waals surface area (Å²) in [5.41, 5.74) is 3.91. The summed E-state index contributed by atoms with van der Waals surface area (Å²) in [6.45, 7) is 3.95. The van der Waals surface area contributed by atoms with Crippen LogP contribution in [0.25, 0.3) is 0 Å². The molecule has 0 heterocycles. The number of hydrogen-bond acceptors (Lipinski definition) is 4. The van der Waals surface area contributed by atoms with Crippen molar-refractivity contribution in [2.45, 2.75) is 26.5 Å². The van der Waals surface area contributed by atoms with Crippen molar-refractivity contribution in [3.05, 3.63) is 64.7 Å². The number of amides is 2. The van der Waals surface area contributed by atoms with Gasteiger partial charge in [0.05, 0.1) is 6.21 Å². The Kier molecular flexibility index (Phi) is 7.17. The van der Waals surface area contributed by atoms with E-state index in [1.165, 1.54) is 6.21 Å². The topological polar surface area (TPSA) is 79.8 Å². The van der Waals surface area contributed by atoms with Gasteiger partial charge in [-0.05, 0) is 61.4 Å². The molecule has 0 saturated carbocycles. The molecule has 0 spiro atoms. The number of ether oxygens (including phenoxy) is 1. The maximum atomic E-state index is 11.5. The average molecular weight is 374 g/mol. The van der Waals surface area contributed by atoms with Crippen molar-refractivity contribution in [3.8, 4) is 5.75 Å². The van der Waals surface area contributed by atoms with E-state index in [0.29, 0.717) is 17.4 Å². The zero-order valence-corrected chi connectivity index (χ0v) is 15.3. The first-order chi connectivity index (χ1) is 12.4. The van der Waals surface area contributed by atoms with Crippen LogP contribution in [-0.2, 0) is 16.2 Å². The van der Waals surface area contributed by atoms with E-state index in [0.717, 1.165) is 11.1 Å². The van der Waals surface area contributed by atoms with Gasteiger partial charge in [-0.1, -0.05) is 23.7 Å². The molecule has 136 valence electrons. The molecule has 0 aromatic heterocycles. The van der Waals surface area contributed by atoms with E-state index in [1.54, 1.807) is 38.1 Å². The molecule has 0 unspecified atom stereocenters. The monoisotopic (exact) mass is 373 g/mol. The van der Waals surface area contributed by atoms with E-state index in [1.807, 2.05) is 24.3 Å². The van der Waals surface area contributed by atoms with Crippen LogP contribution in [0.1, 0.15) is 25.0 Å². The van der Waals surface area contributed by atoms with Crippen LogP contribution in [0.15, 0.2) is 53.6 Å². The number of rotatable bonds is 6. The third-order valence-corrected chi connectivity index (χ3v) is 3.42. The average Bonchev–Trinajstić information content (AvgIpc) is 2.60. The lowest BCUT2D eigenvalue weighted by molar-refractivity contribution is -0.139. The predicted octanol–water partition coefficient (Wildman–Crippen LogP) is 2.89. The predicted molar refractivity (Wildman–Crippen MR) is 101 cm³/mol. The highest BCUT2D eigenvalue weighted by Gasteiger charge is 2.12. The summed E-state index contributed by atoms with van der Waals surface area (Å²) in [4.78, 5) is 22.9. The number of nitrogens with zero attached hydrogens (tertiary/aromatic N) is 1. The Morgan fingerprint density at radius 1 is 1.15 bits per heavy atom. The van der Waals surface area contributed by atoms with Crippen LogP contribution in [0.4, 0.5) is 0 Å². The minimum atomic E-state index is -0.809. The number of hydrogen-bond donors (Lipinski definition) is 2. The van der Waals surface area contributed by atoms with Gasteiger partial charge in [-0.15, -0.1) is 0 Å². The molecule has 2 amide bonds. The SMILES string of the molecule is CC(C)NC(=O)C(=O)N/N=C\c1ccc(OCc2cccc(Cl)c2)cc1. The molecule has 0 bridgehead atoms. The van der Waals surface area contributed by atoms with Crippen LogP contribution in [0.3, 0.4) is 0 Å². The van der Waals surface area contributed by atoms with E-state index in [-0.39, 0.29) is 6.04 Å². The van der Waals surface area contributed by atoms with E-state index >= 15 is 0 Å². The van der Waals surface area contributed by atoms with Gasteiger partial charge in [0.25, 0.3) is 0 Å². The van der Waals surface area contributed by atoms with Gasteiger partial charge in [0.1, 0.15) is 12.4 Å². The zero-order chi connectivity index (χ0) is 18.9. The van der Waals surface area contributed by atoms with Crippen molar-refractivity contribution >= 4 is 29.6 Å². The van der Waals surface area contributed by atoms with Crippen molar-refractivity contribution in [2.75, 3.05) is 0 Å². The van der Waals surface area contributed by atoms with E-state index in [9.17, 15) is 9.59 Å². The molecule has 0 radical (unpaired) electrons. The number of benzene rings is 2. The van der Waals surface area contributed by atoms with Crippen molar-refractivity contribution in [2.24, 2.45) is 5.10 Å². The van der Waals surface area contributed by atoms with Crippen LogP contribution in [0.5, 0.6) is 5.75 Å². The normalized spacial score (nSPS) is 10.8. The number of hydrazone groups is 1. The maximum absolute atomic E-state index is 11.5. The quantitative estimate of drug-likeness (QED) is 0.464. The lowest BCUT2D eigenvalue weighted by atomic mass is 10.2. The van der Waals surface area contributed by atoms with Crippen LogP contribution in [0, 0.1) is 0 Å². The largest absolute Gasteiger partial charge is 0.489 e. The molecule has 0 aliphatic carbocycles. The van der Waals surface area contributed by atoms with Gasteiger partial charge in [-0.2, -0.15) is 5.10 Å². The summed E-state index contributed by atoms with van der Waals surface area (Å²) in [5.74, 6) is -0.833. The Labute approximate surface area is 157 Å². The number of nitrogens with one attached hydrogen (secondary N) is 2. The second kappa shape index (κ2) is 9.58. The summed E-state index contributed by atoms with van der Waals surface area (Å²) >= 11 is 5.94. The molecule has 26 heavy (non-hydrogen) atoms. The molecule has 2 N–H and O–H groups in total. The van der Waals surface area contributed by atoms with Gasteiger partial charge in [0.2, 0.25) is 0 Å². The second-order valence-corrected chi connectivity index (χ2v) is 6.25. The number of carbonyl (C=O) groups is 2. The molecule has 6 nitrogen and oxygen atoms in total. The highest BCUT2D eigenvalue weighted by molar-refractivity contribution is 6.35. The minimum Gasteiger partial charge on any atom is -0.489 e. The lowest BCUT2D eigenvalue weighted by Crippen LogP contribution is -2.41. The first-order valence-corrected chi connectivity index (χ1v) is 8.43. The van der Waals surface area contributed by atoms with Crippen LogP contribution < -0.4 is 15.5 Å². The van der Waals surface area contributed by atoms with Crippen molar-refractivity contribution < 1.29 is 14.3 Å². The molecular formula is C19H20ClN3O3. The van der Waals surface area contributed by atoms with Crippen molar-refractivity contribution in [3.63, 3.8) is 0 Å². The van der Waals surface area contributed by atoms with Gasteiger partial charge in [0, 0.05) is 11.1 Å². The Hall–Kier alpha value is -2.86. The maximum Gasteiger partial charge on any atom is 0.329 e. The molecule has 0 atom stereocenters. The van der Waals surface area contributed by atoms with E-state index in [2.05, 4.69) is 15.8 Å². The Balaban J connectivity index is 1.83. The first-order valence-electron chi connectivity index (χ1n) is 8.05. The standard InChI is InChI=1S/C19H20ClN3O3/c1-13(2)22-18(24)19(25)23-21-11-14-6-8-17(9-7-14)26-12-15-4-3-5-16(20)10-15/h3-11,13H,12H2,1-2H3,(H,22,24)(H,23,25)/b21-11-. The smallest absolute Gasteiger partial charge is 0.329 e. The minimum absolute atomic E-state index is 0.114. The van der Waals surface area contributed by atoms with Crippen LogP contribution >= 0.6 is 11.6 Å². The second-order valence-electron chi connectivity index (χ2n) is 5.81. The summed E-state index contributed by atoms with van der Waals surface area (Å²) in [6.07, 6.45) is 1.45. The summed E-state index contributed by atoms with van der Waals surface area (Å²) in [7, 11) is 0. The fourth-order valence-corrected chi connectivity index (χ4v) is 2.20. The van der Waals surface area contributed by atoms with E-state index < -0.39 is 11.8 Å². The number of halogens is 1. The van der Waals surface area contributed by atoms with Crippen LogP contribution in [-0.4, -0.2) is 24.1 Å². The third-order valence-electron chi connectivity index (χ3n) is 3.18. The molecular weight excluding hydrogens is 354 g/mol. The van der Waals surface area contributed by atoms with Crippen molar-refractivity contribution in [1.82, 2.24) is 10.7 Å². The molecule has 2 rings (SSSR count). The summed E-state index contributed by atoms with van der Waals surface area (Å²) in [6, 6.07) is 14.5. The highest BCUT2D eigenvalue weighted by atomic mass is 35.5. The van der Waals surface area contributed by atoms with Gasteiger partial charge < -0.3 is 10.1 Å². The Morgan fingerprint density at radius 2 is 1.88 bits per heavy atom. The van der Waals surface area contributed by atoms with Gasteiger partial charge in [-0.25, -0.2) is 5.43 Å². The van der Waals surface area contributed by atoms with Crippen LogP contribution in [0.2, 0.25) is 5.02 Å². The molecule has 2 aromatic carbocycles. The van der Waals surface area contributed by atoms with Gasteiger partial charge in [-0.3, -0.25) is 9.59 Å². The summed E-state index contributed by atoms with van der Waals surface area (Å²) in [5, 5.41) is 6.91. The zero-order valence-electron chi connectivity index (χ0n) is 14.5. The molecule has 0 aliphatic heterocycles. The lowest BCUT2D eigenvalue weighted by Gasteiger charge is -2.07. The third kappa shape index (κ3) is 6.57. The molecule has 0 saturated heterocycles. The fourth-order valence-electron chi connectivity index (χ4n) is 1.99. The molecule has 0 aliphatic rings. The Morgan fingerprint density at radius 3 is 2.54 bits per heavy atom. The number of carbonyl (C=O) groups excluding carboxylic acids is 2.